The summed E-state index contributed by atoms with van der Waals surface area (Å²) in [7, 11) is 3.44. The van der Waals surface area contributed by atoms with Gasteiger partial charge in [0, 0.05) is 33.0 Å². The van der Waals surface area contributed by atoms with Crippen LogP contribution in [-0.4, -0.2) is 35.5 Å². The number of aryl methyl sites for hydroxylation is 1. The fraction of sp³-hybridized carbons (Fsp3) is 0.462. The molecule has 0 fully saturated rings. The van der Waals surface area contributed by atoms with Crippen molar-refractivity contribution in [3.05, 3.63) is 28.2 Å². The van der Waals surface area contributed by atoms with Crippen molar-refractivity contribution in [3.8, 4) is 10.6 Å². The molecule has 0 aliphatic heterocycles. The van der Waals surface area contributed by atoms with Crippen molar-refractivity contribution in [1.82, 2.24) is 14.8 Å². The van der Waals surface area contributed by atoms with Gasteiger partial charge in [-0.1, -0.05) is 11.3 Å². The van der Waals surface area contributed by atoms with Crippen LogP contribution in [0.3, 0.4) is 0 Å². The molecule has 0 spiro atoms. The molecule has 2 aromatic heterocycles. The van der Waals surface area contributed by atoms with Crippen molar-refractivity contribution < 1.29 is 4.74 Å². The third-order valence-corrected chi connectivity index (χ3v) is 3.97. The first-order valence-corrected chi connectivity index (χ1v) is 7.20. The Hall–Kier alpha value is -1.73. The predicted molar refractivity (Wildman–Crippen MR) is 80.4 cm³/mol. The normalized spacial score (nSPS) is 10.8. The highest BCUT2D eigenvalue weighted by molar-refractivity contribution is 7.18. The van der Waals surface area contributed by atoms with Crippen molar-refractivity contribution in [2.45, 2.75) is 19.9 Å². The average molecular weight is 294 g/mol. The molecule has 0 saturated heterocycles. The van der Waals surface area contributed by atoms with E-state index in [2.05, 4.69) is 15.5 Å². The van der Waals surface area contributed by atoms with Crippen molar-refractivity contribution in [1.29, 1.82) is 0 Å². The molecule has 2 aromatic rings. The first-order chi connectivity index (χ1) is 9.67. The predicted octanol–water partition coefficient (Wildman–Crippen LogP) is 1.75. The van der Waals surface area contributed by atoms with Gasteiger partial charge in [-0.15, -0.1) is 10.2 Å². The highest BCUT2D eigenvalue weighted by Gasteiger charge is 2.12. The van der Waals surface area contributed by atoms with E-state index in [-0.39, 0.29) is 5.56 Å². The molecule has 0 radical (unpaired) electrons. The number of ether oxygens (including phenoxy) is 1. The molecule has 20 heavy (non-hydrogen) atoms. The van der Waals surface area contributed by atoms with Crippen molar-refractivity contribution in [2.24, 2.45) is 0 Å². The number of methoxy groups -OCH3 is 1. The minimum atomic E-state index is -0.0279. The molecule has 0 saturated carbocycles. The molecule has 0 aliphatic rings. The second-order valence-corrected chi connectivity index (χ2v) is 5.33. The number of nitrogens with one attached hydrogen (secondary N) is 1. The molecule has 108 valence electrons. The lowest BCUT2D eigenvalue weighted by Gasteiger charge is -2.10. The van der Waals surface area contributed by atoms with Gasteiger partial charge in [0.15, 0.2) is 5.01 Å². The number of rotatable bonds is 6. The standard InChI is InChI=1S/C13H18N4O2S/c1-9-5-6-10(11-15-16-13(14-2)20-11)12(18)17(9)7-4-8-19-3/h5-6H,4,7-8H2,1-3H3,(H,14,16). The second-order valence-electron chi connectivity index (χ2n) is 4.35. The Bertz CT molecular complexity index is 636. The highest BCUT2D eigenvalue weighted by atomic mass is 32.1. The zero-order chi connectivity index (χ0) is 14.5. The van der Waals surface area contributed by atoms with Gasteiger partial charge in [-0.2, -0.15) is 0 Å². The summed E-state index contributed by atoms with van der Waals surface area (Å²) in [5.41, 5.74) is 1.50. The summed E-state index contributed by atoms with van der Waals surface area (Å²) in [6.45, 7) is 3.21. The topological polar surface area (TPSA) is 69.0 Å². The van der Waals surface area contributed by atoms with E-state index in [1.165, 1.54) is 11.3 Å². The van der Waals surface area contributed by atoms with E-state index in [0.717, 1.165) is 12.1 Å². The SMILES string of the molecule is CNc1nnc(-c2ccc(C)n(CCCOC)c2=O)s1. The number of hydrogen-bond donors (Lipinski definition) is 1. The summed E-state index contributed by atoms with van der Waals surface area (Å²) in [4.78, 5) is 12.5. The largest absolute Gasteiger partial charge is 0.385 e. The maximum absolute atomic E-state index is 12.5. The van der Waals surface area contributed by atoms with E-state index in [1.807, 2.05) is 19.1 Å². The summed E-state index contributed by atoms with van der Waals surface area (Å²) >= 11 is 1.37. The van der Waals surface area contributed by atoms with Crippen LogP contribution in [-0.2, 0) is 11.3 Å². The Morgan fingerprint density at radius 2 is 2.20 bits per heavy atom. The van der Waals surface area contributed by atoms with Gasteiger partial charge < -0.3 is 14.6 Å². The van der Waals surface area contributed by atoms with Gasteiger partial charge in [0.25, 0.3) is 5.56 Å². The lowest BCUT2D eigenvalue weighted by molar-refractivity contribution is 0.189. The van der Waals surface area contributed by atoms with Gasteiger partial charge in [-0.3, -0.25) is 4.79 Å². The van der Waals surface area contributed by atoms with Gasteiger partial charge in [-0.25, -0.2) is 0 Å². The molecule has 2 heterocycles. The molecule has 0 atom stereocenters. The van der Waals surface area contributed by atoms with Crippen LogP contribution in [0.4, 0.5) is 5.13 Å². The molecule has 2 rings (SSSR count). The number of hydrogen-bond acceptors (Lipinski definition) is 6. The number of nitrogens with zero attached hydrogens (tertiary/aromatic N) is 3. The summed E-state index contributed by atoms with van der Waals surface area (Å²) in [6.07, 6.45) is 0.804. The van der Waals surface area contributed by atoms with E-state index in [1.54, 1.807) is 18.7 Å². The van der Waals surface area contributed by atoms with Crippen LogP contribution in [0.25, 0.3) is 10.6 Å². The molecular formula is C13H18N4O2S. The fourth-order valence-electron chi connectivity index (χ4n) is 1.91. The Morgan fingerprint density at radius 3 is 2.85 bits per heavy atom. The van der Waals surface area contributed by atoms with E-state index >= 15 is 0 Å². The summed E-state index contributed by atoms with van der Waals surface area (Å²) in [5.74, 6) is 0. The van der Waals surface area contributed by atoms with Crippen LogP contribution < -0.4 is 10.9 Å². The lowest BCUT2D eigenvalue weighted by Crippen LogP contribution is -2.24. The van der Waals surface area contributed by atoms with Crippen LogP contribution in [0.15, 0.2) is 16.9 Å². The third-order valence-electron chi connectivity index (χ3n) is 2.99. The van der Waals surface area contributed by atoms with Crippen LogP contribution in [0.2, 0.25) is 0 Å². The molecule has 0 amide bonds. The lowest BCUT2D eigenvalue weighted by atomic mass is 10.2. The second kappa shape index (κ2) is 6.62. The van der Waals surface area contributed by atoms with Gasteiger partial charge in [-0.05, 0) is 25.5 Å². The smallest absolute Gasteiger partial charge is 0.261 e. The molecule has 6 nitrogen and oxygen atoms in total. The first kappa shape index (κ1) is 14.7. The number of aromatic nitrogens is 3. The van der Waals surface area contributed by atoms with E-state index in [4.69, 9.17) is 4.74 Å². The summed E-state index contributed by atoms with van der Waals surface area (Å²) in [6, 6.07) is 3.74. The van der Waals surface area contributed by atoms with Crippen LogP contribution in [0, 0.1) is 6.92 Å². The minimum absolute atomic E-state index is 0.0279. The van der Waals surface area contributed by atoms with Crippen LogP contribution in [0.5, 0.6) is 0 Å². The molecule has 0 bridgehead atoms. The van der Waals surface area contributed by atoms with E-state index in [0.29, 0.717) is 28.9 Å². The Morgan fingerprint density at radius 1 is 1.40 bits per heavy atom. The van der Waals surface area contributed by atoms with E-state index in [9.17, 15) is 4.79 Å². The van der Waals surface area contributed by atoms with Crippen molar-refractivity contribution in [3.63, 3.8) is 0 Å². The van der Waals surface area contributed by atoms with Gasteiger partial charge >= 0.3 is 0 Å². The fourth-order valence-corrected chi connectivity index (χ4v) is 2.63. The summed E-state index contributed by atoms with van der Waals surface area (Å²) in [5, 5.41) is 12.3. The first-order valence-electron chi connectivity index (χ1n) is 6.38. The maximum atomic E-state index is 12.5. The molecule has 0 unspecified atom stereocenters. The van der Waals surface area contributed by atoms with Crippen LogP contribution >= 0.6 is 11.3 Å². The molecule has 1 N–H and O–H groups in total. The van der Waals surface area contributed by atoms with Gasteiger partial charge in [0.1, 0.15) is 0 Å². The molecule has 0 aliphatic carbocycles. The minimum Gasteiger partial charge on any atom is -0.385 e. The van der Waals surface area contributed by atoms with Gasteiger partial charge in [0.05, 0.1) is 5.56 Å². The molecular weight excluding hydrogens is 276 g/mol. The average Bonchev–Trinajstić information content (AvgIpc) is 2.91. The maximum Gasteiger partial charge on any atom is 0.261 e. The quantitative estimate of drug-likeness (QED) is 0.822. The zero-order valence-electron chi connectivity index (χ0n) is 11.8. The Labute approximate surface area is 121 Å². The van der Waals surface area contributed by atoms with E-state index < -0.39 is 0 Å². The molecule has 0 aromatic carbocycles. The Kier molecular flexibility index (Phi) is 4.86. The van der Waals surface area contributed by atoms with Crippen LogP contribution in [0.1, 0.15) is 12.1 Å². The van der Waals surface area contributed by atoms with Crippen molar-refractivity contribution >= 4 is 16.5 Å². The summed E-state index contributed by atoms with van der Waals surface area (Å²) < 4.78 is 6.79. The highest BCUT2D eigenvalue weighted by Crippen LogP contribution is 2.23. The van der Waals surface area contributed by atoms with Gasteiger partial charge in [0.2, 0.25) is 5.13 Å². The monoisotopic (exact) mass is 294 g/mol. The zero-order valence-corrected chi connectivity index (χ0v) is 12.7. The Balaban J connectivity index is 2.35. The third kappa shape index (κ3) is 3.05. The molecule has 7 heteroatoms. The van der Waals surface area contributed by atoms with Crippen molar-refractivity contribution in [2.75, 3.05) is 26.1 Å². The number of anilines is 1. The number of pyridine rings is 1.